The number of nitrogens with two attached hydrogens (primary N) is 1. The van der Waals surface area contributed by atoms with Gasteiger partial charge in [-0.05, 0) is 43.9 Å². The zero-order chi connectivity index (χ0) is 20.3. The molecule has 3 rings (SSSR count). The molecule has 0 fully saturated rings. The Kier molecular flexibility index (Phi) is 5.82. The van der Waals surface area contributed by atoms with Crippen LogP contribution in [0.1, 0.15) is 60.6 Å². The van der Waals surface area contributed by atoms with Crippen LogP contribution in [0.3, 0.4) is 0 Å². The minimum absolute atomic E-state index is 0.203. The molecule has 1 atom stereocenters. The highest BCUT2D eigenvalue weighted by Crippen LogP contribution is 2.29. The second-order valence-corrected chi connectivity index (χ2v) is 6.74. The number of nitrogen functional groups attached to an aromatic ring is 1. The van der Waals surface area contributed by atoms with Gasteiger partial charge in [-0.1, -0.05) is 26.0 Å². The van der Waals surface area contributed by atoms with Crippen LogP contribution >= 0.6 is 0 Å². The fourth-order valence-electron chi connectivity index (χ4n) is 3.06. The number of benzene rings is 1. The highest BCUT2D eigenvalue weighted by atomic mass is 16.5. The molecule has 7 nitrogen and oxygen atoms in total. The van der Waals surface area contributed by atoms with Gasteiger partial charge in [0.1, 0.15) is 17.1 Å². The molecule has 3 N–H and O–H groups in total. The molecule has 0 saturated heterocycles. The number of fused-ring (bicyclic) bond motifs is 1. The van der Waals surface area contributed by atoms with Gasteiger partial charge in [-0.3, -0.25) is 0 Å². The van der Waals surface area contributed by atoms with Crippen LogP contribution in [0.25, 0.3) is 11.1 Å². The molecule has 2 heterocycles. The molecule has 148 valence electrons. The Balaban J connectivity index is 1.80. The van der Waals surface area contributed by atoms with Gasteiger partial charge in [0.15, 0.2) is 5.82 Å². The number of anilines is 2. The summed E-state index contributed by atoms with van der Waals surface area (Å²) in [6.45, 7) is 8.47. The van der Waals surface area contributed by atoms with Gasteiger partial charge >= 0.3 is 5.97 Å². The van der Waals surface area contributed by atoms with Crippen molar-refractivity contribution in [3.63, 3.8) is 0 Å². The summed E-state index contributed by atoms with van der Waals surface area (Å²) in [5.74, 6) is 1.16. The lowest BCUT2D eigenvalue weighted by Crippen LogP contribution is -2.09. The second kappa shape index (κ2) is 8.29. The quantitative estimate of drug-likeness (QED) is 0.583. The molecule has 0 aliphatic rings. The number of nitrogens with one attached hydrogen (secondary N) is 1. The van der Waals surface area contributed by atoms with Gasteiger partial charge in [-0.2, -0.15) is 4.98 Å². The molecule has 0 spiro atoms. The fourth-order valence-corrected chi connectivity index (χ4v) is 3.06. The summed E-state index contributed by atoms with van der Waals surface area (Å²) in [6, 6.07) is 8.32. The van der Waals surface area contributed by atoms with Crippen molar-refractivity contribution in [2.45, 2.75) is 46.6 Å². The monoisotopic (exact) mass is 382 g/mol. The molecule has 0 radical (unpaired) electrons. The van der Waals surface area contributed by atoms with Crippen LogP contribution in [0, 0.1) is 6.92 Å². The van der Waals surface area contributed by atoms with Crippen LogP contribution < -0.4 is 11.1 Å². The van der Waals surface area contributed by atoms with E-state index in [1.54, 1.807) is 13.8 Å². The van der Waals surface area contributed by atoms with E-state index in [1.165, 1.54) is 5.56 Å². The average molecular weight is 382 g/mol. The van der Waals surface area contributed by atoms with Crippen LogP contribution in [0.5, 0.6) is 0 Å². The standard InChI is InChI=1S/C21H26N4O3/c1-5-12(3)14-7-9-15(10-8-14)23-11-16-24-19(22)18-17(21(26)27-6-2)13(4)28-20(18)25-16/h7-10,12,23H,5-6,11H2,1-4H3,(H2,22,24,25)/t12-/m0/s1. The molecule has 7 heteroatoms. The summed E-state index contributed by atoms with van der Waals surface area (Å²) in [6.07, 6.45) is 1.11. The molecule has 1 aromatic carbocycles. The van der Waals surface area contributed by atoms with Crippen molar-refractivity contribution in [2.75, 3.05) is 17.7 Å². The predicted molar refractivity (Wildman–Crippen MR) is 109 cm³/mol. The second-order valence-electron chi connectivity index (χ2n) is 6.74. The number of esters is 1. The van der Waals surface area contributed by atoms with Gasteiger partial charge < -0.3 is 20.2 Å². The smallest absolute Gasteiger partial charge is 0.342 e. The van der Waals surface area contributed by atoms with Gasteiger partial charge in [0, 0.05) is 5.69 Å². The molecule has 0 amide bonds. The Hall–Kier alpha value is -3.09. The number of rotatable bonds is 7. The molecular weight excluding hydrogens is 356 g/mol. The maximum atomic E-state index is 12.2. The van der Waals surface area contributed by atoms with Crippen molar-refractivity contribution in [1.82, 2.24) is 9.97 Å². The van der Waals surface area contributed by atoms with Crippen molar-refractivity contribution in [3.8, 4) is 0 Å². The van der Waals surface area contributed by atoms with E-state index < -0.39 is 5.97 Å². The van der Waals surface area contributed by atoms with E-state index in [0.717, 1.165) is 12.1 Å². The fraction of sp³-hybridized carbons (Fsp3) is 0.381. The number of hydrogen-bond donors (Lipinski definition) is 2. The van der Waals surface area contributed by atoms with Gasteiger partial charge in [-0.25, -0.2) is 9.78 Å². The molecule has 0 bridgehead atoms. The Morgan fingerprint density at radius 3 is 2.61 bits per heavy atom. The van der Waals surface area contributed by atoms with Crippen molar-refractivity contribution in [2.24, 2.45) is 0 Å². The number of ether oxygens (including phenoxy) is 1. The lowest BCUT2D eigenvalue weighted by Gasteiger charge is -2.11. The van der Waals surface area contributed by atoms with E-state index in [0.29, 0.717) is 29.4 Å². The molecule has 0 saturated carbocycles. The molecule has 0 aliphatic carbocycles. The largest absolute Gasteiger partial charge is 0.462 e. The Bertz CT molecular complexity index is 979. The maximum Gasteiger partial charge on any atom is 0.342 e. The van der Waals surface area contributed by atoms with E-state index in [9.17, 15) is 4.79 Å². The summed E-state index contributed by atoms with van der Waals surface area (Å²) < 4.78 is 10.7. The Morgan fingerprint density at radius 1 is 1.25 bits per heavy atom. The Labute approximate surface area is 164 Å². The highest BCUT2D eigenvalue weighted by Gasteiger charge is 2.23. The van der Waals surface area contributed by atoms with E-state index in [1.807, 2.05) is 12.1 Å². The number of aromatic nitrogens is 2. The van der Waals surface area contributed by atoms with Crippen molar-refractivity contribution in [1.29, 1.82) is 0 Å². The molecule has 28 heavy (non-hydrogen) atoms. The van der Waals surface area contributed by atoms with Crippen LogP contribution in [0.2, 0.25) is 0 Å². The van der Waals surface area contributed by atoms with Crippen LogP contribution in [-0.2, 0) is 11.3 Å². The summed E-state index contributed by atoms with van der Waals surface area (Å²) in [5, 5.41) is 3.69. The third kappa shape index (κ3) is 3.93. The minimum atomic E-state index is -0.485. The van der Waals surface area contributed by atoms with Crippen LogP contribution in [-0.4, -0.2) is 22.5 Å². The number of nitrogens with zero attached hydrogens (tertiary/aromatic N) is 2. The number of hydrogen-bond acceptors (Lipinski definition) is 7. The number of carbonyl (C=O) groups is 1. The number of furan rings is 1. The molecular formula is C21H26N4O3. The van der Waals surface area contributed by atoms with Crippen molar-refractivity contribution < 1.29 is 13.9 Å². The predicted octanol–water partition coefficient (Wildman–Crippen LogP) is 4.42. The van der Waals surface area contributed by atoms with Crippen molar-refractivity contribution in [3.05, 3.63) is 47.0 Å². The van der Waals surface area contributed by atoms with Gasteiger partial charge in [0.25, 0.3) is 0 Å². The molecule has 0 unspecified atom stereocenters. The zero-order valence-corrected chi connectivity index (χ0v) is 16.7. The SMILES string of the molecule is CCOC(=O)c1c(C)oc2nc(CNc3ccc([C@@H](C)CC)cc3)nc(N)c12. The van der Waals surface area contributed by atoms with E-state index in [2.05, 4.69) is 41.3 Å². The van der Waals surface area contributed by atoms with Crippen LogP contribution in [0.4, 0.5) is 11.5 Å². The first kappa shape index (κ1) is 19.7. The van der Waals surface area contributed by atoms with Gasteiger partial charge in [0.05, 0.1) is 18.5 Å². The zero-order valence-electron chi connectivity index (χ0n) is 16.7. The minimum Gasteiger partial charge on any atom is -0.462 e. The first-order valence-corrected chi connectivity index (χ1v) is 9.51. The average Bonchev–Trinajstić information content (AvgIpc) is 3.02. The first-order valence-electron chi connectivity index (χ1n) is 9.51. The summed E-state index contributed by atoms with van der Waals surface area (Å²) in [7, 11) is 0. The van der Waals surface area contributed by atoms with Gasteiger partial charge in [-0.15, -0.1) is 0 Å². The van der Waals surface area contributed by atoms with Crippen LogP contribution in [0.15, 0.2) is 28.7 Å². The van der Waals surface area contributed by atoms with E-state index >= 15 is 0 Å². The Morgan fingerprint density at radius 2 is 1.96 bits per heavy atom. The van der Waals surface area contributed by atoms with E-state index in [4.69, 9.17) is 14.9 Å². The lowest BCUT2D eigenvalue weighted by atomic mass is 9.99. The normalized spacial score (nSPS) is 12.1. The summed E-state index contributed by atoms with van der Waals surface area (Å²) in [4.78, 5) is 20.9. The van der Waals surface area contributed by atoms with E-state index in [-0.39, 0.29) is 23.7 Å². The highest BCUT2D eigenvalue weighted by molar-refractivity contribution is 6.07. The van der Waals surface area contributed by atoms with Crippen molar-refractivity contribution >= 4 is 28.6 Å². The van der Waals surface area contributed by atoms with Gasteiger partial charge in [0.2, 0.25) is 5.71 Å². The number of carbonyl (C=O) groups excluding carboxylic acids is 1. The number of aryl methyl sites for hydroxylation is 1. The lowest BCUT2D eigenvalue weighted by molar-refractivity contribution is 0.0526. The summed E-state index contributed by atoms with van der Waals surface area (Å²) >= 11 is 0. The topological polar surface area (TPSA) is 103 Å². The molecule has 3 aromatic rings. The summed E-state index contributed by atoms with van der Waals surface area (Å²) in [5.41, 5.74) is 8.95. The first-order chi connectivity index (χ1) is 13.4. The third-order valence-electron chi connectivity index (χ3n) is 4.82. The molecule has 2 aromatic heterocycles. The molecule has 0 aliphatic heterocycles. The third-order valence-corrected chi connectivity index (χ3v) is 4.82. The maximum absolute atomic E-state index is 12.2.